The van der Waals surface area contributed by atoms with Gasteiger partial charge in [0.1, 0.15) is 12.1 Å². The maximum Gasteiger partial charge on any atom is 0.246 e. The molecule has 0 saturated carbocycles. The summed E-state index contributed by atoms with van der Waals surface area (Å²) in [6.45, 7) is 4.19. The van der Waals surface area contributed by atoms with Crippen LogP contribution in [0.5, 0.6) is 0 Å². The highest BCUT2D eigenvalue weighted by atomic mass is 16.2. The van der Waals surface area contributed by atoms with Gasteiger partial charge in [-0.05, 0) is 73.5 Å². The molecule has 28 heavy (non-hydrogen) atoms. The van der Waals surface area contributed by atoms with Crippen molar-refractivity contribution in [3.8, 4) is 0 Å². The Morgan fingerprint density at radius 2 is 1.54 bits per heavy atom. The molecule has 6 nitrogen and oxygen atoms in total. The van der Waals surface area contributed by atoms with Gasteiger partial charge in [-0.1, -0.05) is 23.4 Å². The number of fused-ring (bicyclic) bond motifs is 1. The minimum Gasteiger partial charge on any atom is -0.356 e. The molecule has 140 valence electrons. The van der Waals surface area contributed by atoms with Crippen LogP contribution < -0.4 is 10.6 Å². The number of aryl methyl sites for hydroxylation is 2. The Balaban J connectivity index is 1.42. The number of hydrogen-bond acceptors (Lipinski definition) is 4. The Bertz CT molecular complexity index is 1120. The summed E-state index contributed by atoms with van der Waals surface area (Å²) < 4.78 is 1.63. The molecule has 0 aliphatic rings. The number of carbonyl (C=O) groups excluding carboxylic acids is 1. The van der Waals surface area contributed by atoms with E-state index in [2.05, 4.69) is 20.9 Å². The Morgan fingerprint density at radius 3 is 2.29 bits per heavy atom. The molecule has 1 aromatic heterocycles. The zero-order valence-corrected chi connectivity index (χ0v) is 15.8. The number of amides is 1. The second kappa shape index (κ2) is 7.52. The first kappa shape index (κ1) is 17.7. The van der Waals surface area contributed by atoms with E-state index >= 15 is 0 Å². The first-order valence-corrected chi connectivity index (χ1v) is 9.11. The van der Waals surface area contributed by atoms with E-state index in [4.69, 9.17) is 0 Å². The van der Waals surface area contributed by atoms with Gasteiger partial charge in [0, 0.05) is 17.1 Å². The van der Waals surface area contributed by atoms with Gasteiger partial charge in [0.15, 0.2) is 0 Å². The normalized spacial score (nSPS) is 10.8. The van der Waals surface area contributed by atoms with E-state index in [9.17, 15) is 4.79 Å². The fourth-order valence-electron chi connectivity index (χ4n) is 3.00. The van der Waals surface area contributed by atoms with Crippen molar-refractivity contribution in [1.82, 2.24) is 15.0 Å². The molecule has 0 aliphatic carbocycles. The number of hydrogen-bond donors (Lipinski definition) is 2. The first-order valence-electron chi connectivity index (χ1n) is 9.11. The summed E-state index contributed by atoms with van der Waals surface area (Å²) in [5.74, 6) is -0.145. The highest BCUT2D eigenvalue weighted by Gasteiger charge is 2.10. The van der Waals surface area contributed by atoms with E-state index < -0.39 is 0 Å². The maximum absolute atomic E-state index is 12.4. The molecule has 0 aliphatic heterocycles. The molecule has 0 unspecified atom stereocenters. The fourth-order valence-corrected chi connectivity index (χ4v) is 3.00. The first-order chi connectivity index (χ1) is 13.6. The van der Waals surface area contributed by atoms with Crippen LogP contribution in [0.25, 0.3) is 11.0 Å². The predicted octanol–water partition coefficient (Wildman–Crippen LogP) is 4.43. The molecule has 0 radical (unpaired) electrons. The third-order valence-corrected chi connectivity index (χ3v) is 4.65. The van der Waals surface area contributed by atoms with E-state index in [-0.39, 0.29) is 12.5 Å². The molecule has 0 spiro atoms. The largest absolute Gasteiger partial charge is 0.356 e. The van der Waals surface area contributed by atoms with Crippen molar-refractivity contribution in [3.63, 3.8) is 0 Å². The number of carbonyl (C=O) groups is 1. The molecule has 1 heterocycles. The SMILES string of the molecule is Cc1cc2nnn(CC(=O)Nc3ccc(Nc4ccccc4)cc3)c2cc1C. The number of benzene rings is 3. The third kappa shape index (κ3) is 3.86. The summed E-state index contributed by atoms with van der Waals surface area (Å²) in [6, 6.07) is 21.5. The summed E-state index contributed by atoms with van der Waals surface area (Å²) in [7, 11) is 0. The number of aromatic nitrogens is 3. The van der Waals surface area contributed by atoms with Crippen molar-refractivity contribution >= 4 is 34.0 Å². The van der Waals surface area contributed by atoms with Crippen molar-refractivity contribution in [1.29, 1.82) is 0 Å². The molecular weight excluding hydrogens is 350 g/mol. The lowest BCUT2D eigenvalue weighted by Gasteiger charge is -2.09. The van der Waals surface area contributed by atoms with Gasteiger partial charge in [-0.15, -0.1) is 5.10 Å². The van der Waals surface area contributed by atoms with Gasteiger partial charge in [0.25, 0.3) is 0 Å². The zero-order valence-electron chi connectivity index (χ0n) is 15.8. The van der Waals surface area contributed by atoms with Gasteiger partial charge in [0.2, 0.25) is 5.91 Å². The highest BCUT2D eigenvalue weighted by molar-refractivity contribution is 5.91. The van der Waals surface area contributed by atoms with Crippen LogP contribution in [0, 0.1) is 13.8 Å². The molecule has 3 aromatic carbocycles. The average Bonchev–Trinajstić information content (AvgIpc) is 3.06. The van der Waals surface area contributed by atoms with Crippen LogP contribution in [-0.4, -0.2) is 20.9 Å². The molecule has 0 fully saturated rings. The van der Waals surface area contributed by atoms with Gasteiger partial charge < -0.3 is 10.6 Å². The van der Waals surface area contributed by atoms with Gasteiger partial charge in [-0.25, -0.2) is 4.68 Å². The summed E-state index contributed by atoms with van der Waals surface area (Å²) in [5.41, 5.74) is 6.68. The van der Waals surface area contributed by atoms with Crippen molar-refractivity contribution in [2.24, 2.45) is 0 Å². The molecule has 4 rings (SSSR count). The Labute approximate surface area is 163 Å². The van der Waals surface area contributed by atoms with Crippen LogP contribution in [0.3, 0.4) is 0 Å². The quantitative estimate of drug-likeness (QED) is 0.544. The molecule has 6 heteroatoms. The average molecular weight is 371 g/mol. The smallest absolute Gasteiger partial charge is 0.246 e. The number of rotatable bonds is 5. The number of para-hydroxylation sites is 1. The Morgan fingerprint density at radius 1 is 0.893 bits per heavy atom. The lowest BCUT2D eigenvalue weighted by Crippen LogP contribution is -2.19. The summed E-state index contributed by atoms with van der Waals surface area (Å²) in [6.07, 6.45) is 0. The number of nitrogens with one attached hydrogen (secondary N) is 2. The van der Waals surface area contributed by atoms with Crippen molar-refractivity contribution in [2.75, 3.05) is 10.6 Å². The maximum atomic E-state index is 12.4. The molecule has 2 N–H and O–H groups in total. The van der Waals surface area contributed by atoms with E-state index in [0.29, 0.717) is 0 Å². The molecule has 1 amide bonds. The van der Waals surface area contributed by atoms with Gasteiger partial charge in [-0.2, -0.15) is 0 Å². The van der Waals surface area contributed by atoms with E-state index in [1.54, 1.807) is 4.68 Å². The lowest BCUT2D eigenvalue weighted by atomic mass is 10.1. The van der Waals surface area contributed by atoms with Crippen LogP contribution in [0.1, 0.15) is 11.1 Å². The molecule has 4 aromatic rings. The Hall–Kier alpha value is -3.67. The van der Waals surface area contributed by atoms with Crippen LogP contribution in [0.2, 0.25) is 0 Å². The van der Waals surface area contributed by atoms with Gasteiger partial charge in [-0.3, -0.25) is 4.79 Å². The summed E-state index contributed by atoms with van der Waals surface area (Å²) in [4.78, 5) is 12.4. The molecule has 0 bridgehead atoms. The fraction of sp³-hybridized carbons (Fsp3) is 0.136. The molecular formula is C22H21N5O. The minimum atomic E-state index is -0.145. The Kier molecular flexibility index (Phi) is 4.76. The van der Waals surface area contributed by atoms with Crippen LogP contribution in [-0.2, 0) is 11.3 Å². The summed E-state index contributed by atoms with van der Waals surface area (Å²) in [5, 5.41) is 14.5. The number of anilines is 3. The number of nitrogens with zero attached hydrogens (tertiary/aromatic N) is 3. The van der Waals surface area contributed by atoms with Crippen molar-refractivity contribution in [3.05, 3.63) is 77.9 Å². The van der Waals surface area contributed by atoms with Gasteiger partial charge >= 0.3 is 0 Å². The minimum absolute atomic E-state index is 0.114. The van der Waals surface area contributed by atoms with E-state index in [0.717, 1.165) is 39.2 Å². The molecule has 0 atom stereocenters. The van der Waals surface area contributed by atoms with Crippen molar-refractivity contribution in [2.45, 2.75) is 20.4 Å². The predicted molar refractivity (Wildman–Crippen MR) is 112 cm³/mol. The van der Waals surface area contributed by atoms with E-state index in [1.807, 2.05) is 80.6 Å². The highest BCUT2D eigenvalue weighted by Crippen LogP contribution is 2.19. The van der Waals surface area contributed by atoms with E-state index in [1.165, 1.54) is 0 Å². The van der Waals surface area contributed by atoms with Crippen LogP contribution >= 0.6 is 0 Å². The monoisotopic (exact) mass is 371 g/mol. The zero-order chi connectivity index (χ0) is 19.5. The second-order valence-corrected chi connectivity index (χ2v) is 6.79. The van der Waals surface area contributed by atoms with Crippen LogP contribution in [0.4, 0.5) is 17.1 Å². The van der Waals surface area contributed by atoms with Crippen LogP contribution in [0.15, 0.2) is 66.7 Å². The standard InChI is InChI=1S/C22H21N5O/c1-15-12-20-21(13-16(15)2)27(26-25-20)14-22(28)24-19-10-8-18(9-11-19)23-17-6-4-3-5-7-17/h3-13,23H,14H2,1-2H3,(H,24,28). The van der Waals surface area contributed by atoms with Crippen molar-refractivity contribution < 1.29 is 4.79 Å². The third-order valence-electron chi connectivity index (χ3n) is 4.65. The molecule has 0 saturated heterocycles. The second-order valence-electron chi connectivity index (χ2n) is 6.79. The summed E-state index contributed by atoms with van der Waals surface area (Å²) >= 11 is 0. The topological polar surface area (TPSA) is 71.8 Å². The van der Waals surface area contributed by atoms with Gasteiger partial charge in [0.05, 0.1) is 5.52 Å². The lowest BCUT2D eigenvalue weighted by molar-refractivity contribution is -0.116.